The van der Waals surface area contributed by atoms with Crippen molar-refractivity contribution in [3.63, 3.8) is 0 Å². The highest BCUT2D eigenvalue weighted by atomic mass is 16.2. The van der Waals surface area contributed by atoms with E-state index >= 15 is 0 Å². The van der Waals surface area contributed by atoms with E-state index in [9.17, 15) is 9.59 Å². The zero-order valence-electron chi connectivity index (χ0n) is 12.8. The normalized spacial score (nSPS) is 38.1. The van der Waals surface area contributed by atoms with Gasteiger partial charge in [-0.1, -0.05) is 32.1 Å². The molecule has 1 aliphatic heterocycles. The van der Waals surface area contributed by atoms with E-state index in [1.54, 1.807) is 0 Å². The van der Waals surface area contributed by atoms with Crippen LogP contribution in [0.4, 0.5) is 4.79 Å². The number of nitrogens with zero attached hydrogens (tertiary/aromatic N) is 1. The lowest BCUT2D eigenvalue weighted by Gasteiger charge is -2.37. The molecule has 4 aliphatic rings. The first kappa shape index (κ1) is 13.6. The van der Waals surface area contributed by atoms with Crippen molar-refractivity contribution < 1.29 is 9.59 Å². The Balaban J connectivity index is 1.56. The highest BCUT2D eigenvalue weighted by molar-refractivity contribution is 6.07. The molecule has 3 atom stereocenters. The fraction of sp³-hybridized carbons (Fsp3) is 0.882. The summed E-state index contributed by atoms with van der Waals surface area (Å²) in [4.78, 5) is 26.8. The van der Waals surface area contributed by atoms with E-state index in [1.807, 2.05) is 4.90 Å². The maximum Gasteiger partial charge on any atom is 0.325 e. The third-order valence-corrected chi connectivity index (χ3v) is 6.64. The van der Waals surface area contributed by atoms with Gasteiger partial charge in [0.05, 0.1) is 0 Å². The number of hydrogen-bond acceptors (Lipinski definition) is 2. The van der Waals surface area contributed by atoms with Crippen molar-refractivity contribution >= 4 is 11.9 Å². The second-order valence-electron chi connectivity index (χ2n) is 7.75. The van der Waals surface area contributed by atoms with E-state index in [1.165, 1.54) is 38.5 Å². The van der Waals surface area contributed by atoms with Crippen LogP contribution >= 0.6 is 0 Å². The second-order valence-corrected chi connectivity index (χ2v) is 7.75. The quantitative estimate of drug-likeness (QED) is 0.795. The van der Waals surface area contributed by atoms with Crippen molar-refractivity contribution in [3.05, 3.63) is 0 Å². The van der Waals surface area contributed by atoms with Crippen molar-refractivity contribution in [2.75, 3.05) is 6.54 Å². The first-order valence-electron chi connectivity index (χ1n) is 8.82. The summed E-state index contributed by atoms with van der Waals surface area (Å²) in [5.41, 5.74) is -0.505. The van der Waals surface area contributed by atoms with Crippen LogP contribution in [0.5, 0.6) is 0 Å². The summed E-state index contributed by atoms with van der Waals surface area (Å²) in [5.74, 6) is 2.32. The number of imide groups is 1. The molecule has 4 heteroatoms. The lowest BCUT2D eigenvalue weighted by Crippen LogP contribution is -2.51. The monoisotopic (exact) mass is 290 g/mol. The molecule has 4 rings (SSSR count). The molecule has 3 amide bonds. The van der Waals surface area contributed by atoms with E-state index < -0.39 is 5.54 Å². The average molecular weight is 290 g/mol. The SMILES string of the molecule is O=C1NC(=O)C2(CCCCCC2)N1CC1CC2CCC1C2. The van der Waals surface area contributed by atoms with Gasteiger partial charge in [0.15, 0.2) is 0 Å². The fourth-order valence-corrected chi connectivity index (χ4v) is 5.50. The molecule has 0 aromatic rings. The molecule has 3 saturated carbocycles. The molecule has 4 fully saturated rings. The number of carbonyl (C=O) groups is 2. The predicted octanol–water partition coefficient (Wildman–Crippen LogP) is 3.07. The standard InChI is InChI=1S/C17H26N2O2/c20-15-17(7-3-1-2-4-8-17)19(16(21)18-15)11-14-10-12-5-6-13(14)9-12/h12-14H,1-11H2,(H,18,20,21). The summed E-state index contributed by atoms with van der Waals surface area (Å²) in [6.07, 6.45) is 11.7. The Bertz CT molecular complexity index is 454. The summed E-state index contributed by atoms with van der Waals surface area (Å²) < 4.78 is 0. The number of rotatable bonds is 2. The molecule has 1 spiro atoms. The number of fused-ring (bicyclic) bond motifs is 2. The number of nitrogens with one attached hydrogen (secondary N) is 1. The first-order chi connectivity index (χ1) is 10.2. The van der Waals surface area contributed by atoms with Crippen LogP contribution in [0.3, 0.4) is 0 Å². The average Bonchev–Trinajstić information content (AvgIpc) is 3.06. The van der Waals surface area contributed by atoms with Crippen molar-refractivity contribution in [2.24, 2.45) is 17.8 Å². The van der Waals surface area contributed by atoms with Gasteiger partial charge in [-0.2, -0.15) is 0 Å². The zero-order valence-corrected chi connectivity index (χ0v) is 12.8. The number of amides is 3. The van der Waals surface area contributed by atoms with Gasteiger partial charge in [0, 0.05) is 6.54 Å². The first-order valence-corrected chi connectivity index (χ1v) is 8.82. The van der Waals surface area contributed by atoms with Crippen molar-refractivity contribution in [3.8, 4) is 0 Å². The van der Waals surface area contributed by atoms with E-state index in [2.05, 4.69) is 5.32 Å². The van der Waals surface area contributed by atoms with E-state index in [0.717, 1.165) is 44.1 Å². The van der Waals surface area contributed by atoms with Crippen molar-refractivity contribution in [2.45, 2.75) is 69.7 Å². The summed E-state index contributed by atoms with van der Waals surface area (Å²) in [7, 11) is 0. The Labute approximate surface area is 126 Å². The molecular formula is C17H26N2O2. The molecule has 116 valence electrons. The van der Waals surface area contributed by atoms with Gasteiger partial charge in [0.25, 0.3) is 5.91 Å². The summed E-state index contributed by atoms with van der Waals surface area (Å²) >= 11 is 0. The maximum absolute atomic E-state index is 12.5. The number of hydrogen-bond donors (Lipinski definition) is 1. The highest BCUT2D eigenvalue weighted by Gasteiger charge is 2.54. The lowest BCUT2D eigenvalue weighted by molar-refractivity contribution is -0.127. The van der Waals surface area contributed by atoms with E-state index in [4.69, 9.17) is 0 Å². The highest BCUT2D eigenvalue weighted by Crippen LogP contribution is 2.49. The van der Waals surface area contributed by atoms with Crippen LogP contribution in [-0.4, -0.2) is 28.9 Å². The maximum atomic E-state index is 12.5. The van der Waals surface area contributed by atoms with Crippen LogP contribution < -0.4 is 5.32 Å². The summed E-state index contributed by atoms with van der Waals surface area (Å²) in [5, 5.41) is 2.62. The molecule has 2 bridgehead atoms. The molecule has 3 aliphatic carbocycles. The van der Waals surface area contributed by atoms with Crippen molar-refractivity contribution in [1.82, 2.24) is 10.2 Å². The smallest absolute Gasteiger partial charge is 0.309 e. The molecule has 0 radical (unpaired) electrons. The molecule has 1 saturated heterocycles. The topological polar surface area (TPSA) is 49.4 Å². The van der Waals surface area contributed by atoms with Crippen LogP contribution in [-0.2, 0) is 4.79 Å². The minimum absolute atomic E-state index is 0.0162. The molecule has 3 unspecified atom stereocenters. The fourth-order valence-electron chi connectivity index (χ4n) is 5.50. The third-order valence-electron chi connectivity index (χ3n) is 6.64. The van der Waals surface area contributed by atoms with Gasteiger partial charge in [0.1, 0.15) is 5.54 Å². The van der Waals surface area contributed by atoms with Gasteiger partial charge in [-0.3, -0.25) is 10.1 Å². The minimum atomic E-state index is -0.505. The molecule has 21 heavy (non-hydrogen) atoms. The molecular weight excluding hydrogens is 264 g/mol. The Kier molecular flexibility index (Phi) is 3.23. The summed E-state index contributed by atoms with van der Waals surface area (Å²) in [6, 6.07) is -0.121. The van der Waals surface area contributed by atoms with Crippen LogP contribution in [0.2, 0.25) is 0 Å². The van der Waals surface area contributed by atoms with E-state index in [-0.39, 0.29) is 11.9 Å². The van der Waals surface area contributed by atoms with Crippen LogP contribution in [0.25, 0.3) is 0 Å². The molecule has 0 aromatic carbocycles. The lowest BCUT2D eigenvalue weighted by atomic mass is 9.84. The third kappa shape index (κ3) is 2.09. The Morgan fingerprint density at radius 1 is 1.05 bits per heavy atom. The van der Waals surface area contributed by atoms with Gasteiger partial charge in [-0.25, -0.2) is 4.79 Å². The van der Waals surface area contributed by atoms with E-state index in [0.29, 0.717) is 5.92 Å². The number of carbonyl (C=O) groups excluding carboxylic acids is 2. The van der Waals surface area contributed by atoms with Gasteiger partial charge in [-0.05, 0) is 49.9 Å². The largest absolute Gasteiger partial charge is 0.325 e. The van der Waals surface area contributed by atoms with Gasteiger partial charge in [0.2, 0.25) is 0 Å². The van der Waals surface area contributed by atoms with Gasteiger partial charge < -0.3 is 4.90 Å². The Morgan fingerprint density at radius 2 is 1.81 bits per heavy atom. The Morgan fingerprint density at radius 3 is 2.43 bits per heavy atom. The Hall–Kier alpha value is -1.06. The van der Waals surface area contributed by atoms with Crippen LogP contribution in [0.1, 0.15) is 64.2 Å². The minimum Gasteiger partial charge on any atom is -0.309 e. The zero-order chi connectivity index (χ0) is 14.4. The van der Waals surface area contributed by atoms with Gasteiger partial charge in [-0.15, -0.1) is 0 Å². The molecule has 1 N–H and O–H groups in total. The van der Waals surface area contributed by atoms with Crippen LogP contribution in [0.15, 0.2) is 0 Å². The number of urea groups is 1. The molecule has 4 nitrogen and oxygen atoms in total. The second kappa shape index (κ2) is 4.99. The molecule has 0 aromatic heterocycles. The van der Waals surface area contributed by atoms with Gasteiger partial charge >= 0.3 is 6.03 Å². The van der Waals surface area contributed by atoms with Crippen LogP contribution in [0, 0.1) is 17.8 Å². The summed E-state index contributed by atoms with van der Waals surface area (Å²) in [6.45, 7) is 0.818. The van der Waals surface area contributed by atoms with Crippen molar-refractivity contribution in [1.29, 1.82) is 0 Å². The molecule has 1 heterocycles. The predicted molar refractivity (Wildman–Crippen MR) is 79.6 cm³/mol.